The number of benzene rings is 2. The molecule has 2 aromatic carbocycles. The normalized spacial score (nSPS) is 11.0. The van der Waals surface area contributed by atoms with Crippen molar-refractivity contribution in [2.45, 2.75) is 18.6 Å². The molecule has 4 rings (SSSR count). The van der Waals surface area contributed by atoms with Crippen molar-refractivity contribution in [1.29, 1.82) is 0 Å². The lowest BCUT2D eigenvalue weighted by Gasteiger charge is -2.12. The molecule has 152 valence electrons. The zero-order valence-electron chi connectivity index (χ0n) is 16.2. The molecule has 0 unspecified atom stereocenters. The number of nitrogens with one attached hydrogen (secondary N) is 2. The number of carbonyl (C=O) groups is 1. The predicted octanol–water partition coefficient (Wildman–Crippen LogP) is 4.08. The number of carbonyl (C=O) groups excluding carboxylic acids is 1. The second-order valence-electron chi connectivity index (χ2n) is 6.74. The van der Waals surface area contributed by atoms with E-state index in [4.69, 9.17) is 11.6 Å². The Kier molecular flexibility index (Phi) is 5.92. The second kappa shape index (κ2) is 8.77. The van der Waals surface area contributed by atoms with Gasteiger partial charge in [0.15, 0.2) is 5.16 Å². The Hall–Kier alpha value is -3.03. The fourth-order valence-electron chi connectivity index (χ4n) is 3.10. The van der Waals surface area contributed by atoms with E-state index in [-0.39, 0.29) is 17.2 Å². The molecule has 0 aliphatic rings. The number of hydrogen-bond acceptors (Lipinski definition) is 4. The zero-order valence-corrected chi connectivity index (χ0v) is 17.8. The Labute approximate surface area is 182 Å². The number of para-hydroxylation sites is 1. The first-order chi connectivity index (χ1) is 14.5. The van der Waals surface area contributed by atoms with Gasteiger partial charge in [-0.1, -0.05) is 59.8 Å². The van der Waals surface area contributed by atoms with Gasteiger partial charge in [-0.2, -0.15) is 0 Å². The van der Waals surface area contributed by atoms with Crippen LogP contribution in [0.1, 0.15) is 11.3 Å². The van der Waals surface area contributed by atoms with Gasteiger partial charge in [0.2, 0.25) is 5.91 Å². The second-order valence-corrected chi connectivity index (χ2v) is 8.09. The molecule has 0 radical (unpaired) electrons. The van der Waals surface area contributed by atoms with E-state index in [1.54, 1.807) is 6.07 Å². The lowest BCUT2D eigenvalue weighted by molar-refractivity contribution is -0.118. The van der Waals surface area contributed by atoms with Gasteiger partial charge in [-0.05, 0) is 36.8 Å². The Morgan fingerprint density at radius 3 is 2.67 bits per heavy atom. The van der Waals surface area contributed by atoms with Crippen LogP contribution < -0.4 is 10.9 Å². The summed E-state index contributed by atoms with van der Waals surface area (Å²) in [5, 5.41) is 3.93. The molecule has 30 heavy (non-hydrogen) atoms. The first-order valence-electron chi connectivity index (χ1n) is 9.33. The van der Waals surface area contributed by atoms with E-state index in [0.717, 1.165) is 11.3 Å². The van der Waals surface area contributed by atoms with Crippen LogP contribution in [-0.2, 0) is 11.3 Å². The summed E-state index contributed by atoms with van der Waals surface area (Å²) >= 11 is 7.36. The topological polar surface area (TPSA) is 79.8 Å². The summed E-state index contributed by atoms with van der Waals surface area (Å²) in [5.74, 6) is -0.0438. The van der Waals surface area contributed by atoms with E-state index in [1.165, 1.54) is 16.3 Å². The van der Waals surface area contributed by atoms with Gasteiger partial charge >= 0.3 is 0 Å². The third-order valence-electron chi connectivity index (χ3n) is 4.54. The van der Waals surface area contributed by atoms with Crippen LogP contribution in [0.2, 0.25) is 5.02 Å². The van der Waals surface area contributed by atoms with Crippen LogP contribution in [0.5, 0.6) is 0 Å². The fraction of sp³-hybridized carbons (Fsp3) is 0.136. The van der Waals surface area contributed by atoms with Gasteiger partial charge in [0, 0.05) is 17.3 Å². The molecule has 8 heteroatoms. The molecule has 0 bridgehead atoms. The average molecular weight is 439 g/mol. The lowest BCUT2D eigenvalue weighted by Crippen LogP contribution is -2.26. The predicted molar refractivity (Wildman–Crippen MR) is 120 cm³/mol. The number of aromatic amines is 1. The summed E-state index contributed by atoms with van der Waals surface area (Å²) in [5.41, 5.74) is 3.24. The maximum absolute atomic E-state index is 13.1. The summed E-state index contributed by atoms with van der Waals surface area (Å²) < 4.78 is 1.53. The molecule has 2 heterocycles. The summed E-state index contributed by atoms with van der Waals surface area (Å²) in [6.07, 6.45) is 0. The number of nitrogens with zero attached hydrogens (tertiary/aromatic N) is 2. The largest absolute Gasteiger partial charge is 0.353 e. The van der Waals surface area contributed by atoms with Crippen molar-refractivity contribution in [3.63, 3.8) is 0 Å². The van der Waals surface area contributed by atoms with Crippen molar-refractivity contribution < 1.29 is 4.79 Å². The SMILES string of the molecule is Cc1cc2nc(SCC(=O)NCc3ccccc3Cl)n(-c3ccccc3)c(=O)c2[nH]1. The maximum atomic E-state index is 13.1. The molecule has 0 fully saturated rings. The lowest BCUT2D eigenvalue weighted by atomic mass is 10.2. The van der Waals surface area contributed by atoms with Crippen LogP contribution in [0.3, 0.4) is 0 Å². The molecular weight excluding hydrogens is 420 g/mol. The Morgan fingerprint density at radius 1 is 1.17 bits per heavy atom. The molecule has 0 spiro atoms. The molecule has 4 aromatic rings. The number of aromatic nitrogens is 3. The fourth-order valence-corrected chi connectivity index (χ4v) is 4.14. The van der Waals surface area contributed by atoms with Gasteiger partial charge < -0.3 is 10.3 Å². The zero-order chi connectivity index (χ0) is 21.1. The number of amides is 1. The molecule has 0 atom stereocenters. The highest BCUT2D eigenvalue weighted by Gasteiger charge is 2.16. The van der Waals surface area contributed by atoms with Crippen molar-refractivity contribution in [3.05, 3.63) is 87.3 Å². The van der Waals surface area contributed by atoms with Gasteiger partial charge in [0.05, 0.1) is 17.0 Å². The van der Waals surface area contributed by atoms with Crippen LogP contribution in [0.4, 0.5) is 0 Å². The molecule has 2 aromatic heterocycles. The number of H-pyrrole nitrogens is 1. The highest BCUT2D eigenvalue weighted by molar-refractivity contribution is 7.99. The van der Waals surface area contributed by atoms with Crippen molar-refractivity contribution in [2.75, 3.05) is 5.75 Å². The molecule has 6 nitrogen and oxygen atoms in total. The van der Waals surface area contributed by atoms with Crippen LogP contribution in [0.25, 0.3) is 16.7 Å². The monoisotopic (exact) mass is 438 g/mol. The number of fused-ring (bicyclic) bond motifs is 1. The Bertz CT molecular complexity index is 1270. The maximum Gasteiger partial charge on any atom is 0.283 e. The molecular formula is C22H19ClN4O2S. The molecule has 0 saturated carbocycles. The Morgan fingerprint density at radius 2 is 1.90 bits per heavy atom. The van der Waals surface area contributed by atoms with E-state index < -0.39 is 0 Å². The summed E-state index contributed by atoms with van der Waals surface area (Å²) in [6.45, 7) is 2.22. The highest BCUT2D eigenvalue weighted by Crippen LogP contribution is 2.21. The minimum atomic E-state index is -0.196. The van der Waals surface area contributed by atoms with Gasteiger partial charge in [-0.25, -0.2) is 4.98 Å². The molecule has 0 aliphatic heterocycles. The summed E-state index contributed by atoms with van der Waals surface area (Å²) in [7, 11) is 0. The standard InChI is InChI=1S/C22H19ClN4O2S/c1-14-11-18-20(25-14)21(29)27(16-8-3-2-4-9-16)22(26-18)30-13-19(28)24-12-15-7-5-6-10-17(15)23/h2-11,25H,12-13H2,1H3,(H,24,28). The van der Waals surface area contributed by atoms with Crippen LogP contribution in [0, 0.1) is 6.92 Å². The molecule has 0 saturated heterocycles. The minimum Gasteiger partial charge on any atom is -0.353 e. The third-order valence-corrected chi connectivity index (χ3v) is 5.84. The van der Waals surface area contributed by atoms with E-state index in [1.807, 2.05) is 61.5 Å². The first kappa shape index (κ1) is 20.3. The van der Waals surface area contributed by atoms with Crippen molar-refractivity contribution in [1.82, 2.24) is 19.9 Å². The van der Waals surface area contributed by atoms with Crippen molar-refractivity contribution in [2.24, 2.45) is 0 Å². The quantitative estimate of drug-likeness (QED) is 0.351. The van der Waals surface area contributed by atoms with Crippen LogP contribution in [-0.4, -0.2) is 26.2 Å². The average Bonchev–Trinajstić information content (AvgIpc) is 3.13. The Balaban J connectivity index is 1.58. The highest BCUT2D eigenvalue weighted by atomic mass is 35.5. The molecule has 1 amide bonds. The van der Waals surface area contributed by atoms with Gasteiger partial charge in [0.1, 0.15) is 5.52 Å². The third kappa shape index (κ3) is 4.27. The minimum absolute atomic E-state index is 0.124. The number of rotatable bonds is 6. The summed E-state index contributed by atoms with van der Waals surface area (Å²) in [4.78, 5) is 33.2. The number of hydrogen-bond donors (Lipinski definition) is 2. The molecule has 2 N–H and O–H groups in total. The first-order valence-corrected chi connectivity index (χ1v) is 10.7. The van der Waals surface area contributed by atoms with Gasteiger partial charge in [0.25, 0.3) is 5.56 Å². The van der Waals surface area contributed by atoms with Crippen LogP contribution >= 0.6 is 23.4 Å². The molecule has 0 aliphatic carbocycles. The van der Waals surface area contributed by atoms with E-state index in [2.05, 4.69) is 15.3 Å². The smallest absolute Gasteiger partial charge is 0.283 e. The summed E-state index contributed by atoms with van der Waals surface area (Å²) in [6, 6.07) is 18.5. The van der Waals surface area contributed by atoms with E-state index in [0.29, 0.717) is 33.4 Å². The number of halogens is 1. The van der Waals surface area contributed by atoms with Crippen molar-refractivity contribution >= 4 is 40.3 Å². The van der Waals surface area contributed by atoms with E-state index >= 15 is 0 Å². The van der Waals surface area contributed by atoms with Crippen molar-refractivity contribution in [3.8, 4) is 5.69 Å². The van der Waals surface area contributed by atoms with Crippen LogP contribution in [0.15, 0.2) is 70.6 Å². The van der Waals surface area contributed by atoms with Gasteiger partial charge in [-0.3, -0.25) is 14.2 Å². The number of thioether (sulfide) groups is 1. The van der Waals surface area contributed by atoms with Gasteiger partial charge in [-0.15, -0.1) is 0 Å². The number of aryl methyl sites for hydroxylation is 1. The van der Waals surface area contributed by atoms with E-state index in [9.17, 15) is 9.59 Å².